The van der Waals surface area contributed by atoms with Crippen LogP contribution in [-0.2, 0) is 40.6 Å². The van der Waals surface area contributed by atoms with Gasteiger partial charge in [-0.2, -0.15) is 13.5 Å². The minimum Gasteiger partial charge on any atom is -0.301 e. The lowest BCUT2D eigenvalue weighted by Gasteiger charge is -2.20. The number of pyridine rings is 1. The molecule has 1 aromatic carbocycles. The van der Waals surface area contributed by atoms with E-state index < -0.39 is 15.9 Å². The largest absolute Gasteiger partial charge is 0.301 e. The Morgan fingerprint density at radius 2 is 1.89 bits per heavy atom. The first-order valence-electron chi connectivity index (χ1n) is 11.7. The lowest BCUT2D eigenvalue weighted by Crippen LogP contribution is -2.32. The maximum Gasteiger partial charge on any atom is 0.283 e. The van der Waals surface area contributed by atoms with Crippen LogP contribution in [0.25, 0.3) is 11.1 Å². The number of hydrogen-bond donors (Lipinski definition) is 1. The molecule has 0 fully saturated rings. The van der Waals surface area contributed by atoms with E-state index in [1.165, 1.54) is 12.1 Å². The molecule has 2 aromatic heterocycles. The summed E-state index contributed by atoms with van der Waals surface area (Å²) < 4.78 is 44.7. The smallest absolute Gasteiger partial charge is 0.283 e. The third-order valence-corrected chi connectivity index (χ3v) is 7.86. The third-order valence-electron chi connectivity index (χ3n) is 6.61. The van der Waals surface area contributed by atoms with Gasteiger partial charge in [0.1, 0.15) is 5.82 Å². The zero-order valence-electron chi connectivity index (χ0n) is 20.4. The zero-order valence-corrected chi connectivity index (χ0v) is 21.2. The van der Waals surface area contributed by atoms with Gasteiger partial charge in [0.25, 0.3) is 10.0 Å². The highest BCUT2D eigenvalue weighted by atomic mass is 32.2. The first kappa shape index (κ1) is 25.0. The second kappa shape index (κ2) is 9.87. The van der Waals surface area contributed by atoms with Crippen molar-refractivity contribution in [3.63, 3.8) is 0 Å². The van der Waals surface area contributed by atoms with E-state index in [-0.39, 0.29) is 23.3 Å². The fraction of sp³-hybridized carbons (Fsp3) is 0.400. The maximum atomic E-state index is 14.8. The van der Waals surface area contributed by atoms with Crippen molar-refractivity contribution in [2.75, 3.05) is 14.1 Å². The van der Waals surface area contributed by atoms with Crippen LogP contribution in [0, 0.1) is 5.82 Å². The average Bonchev–Trinajstić information content (AvgIpc) is 3.48. The molecule has 1 aliphatic rings. The Morgan fingerprint density at radius 1 is 1.20 bits per heavy atom. The van der Waals surface area contributed by atoms with Crippen LogP contribution < -0.4 is 4.72 Å². The molecule has 4 rings (SSSR count). The Bertz CT molecular complexity index is 1350. The fourth-order valence-electron chi connectivity index (χ4n) is 4.59. The van der Waals surface area contributed by atoms with E-state index in [0.29, 0.717) is 36.1 Å². The highest BCUT2D eigenvalue weighted by Gasteiger charge is 2.28. The second-order valence-corrected chi connectivity index (χ2v) is 10.6. The van der Waals surface area contributed by atoms with E-state index in [1.807, 2.05) is 32.8 Å². The van der Waals surface area contributed by atoms with E-state index in [4.69, 9.17) is 0 Å². The number of carbonyl (C=O) groups excluding carboxylic acids is 1. The molecule has 1 aliphatic carbocycles. The van der Waals surface area contributed by atoms with E-state index in [9.17, 15) is 17.6 Å². The van der Waals surface area contributed by atoms with Gasteiger partial charge in [-0.05, 0) is 93.2 Å². The van der Waals surface area contributed by atoms with Crippen LogP contribution in [-0.4, -0.2) is 48.1 Å². The van der Waals surface area contributed by atoms with Gasteiger partial charge in [-0.1, -0.05) is 0 Å². The van der Waals surface area contributed by atoms with Gasteiger partial charge < -0.3 is 4.90 Å². The number of sulfonamides is 1. The molecule has 10 heteroatoms. The molecule has 1 amide bonds. The number of nitrogens with zero attached hydrogens (tertiary/aromatic N) is 4. The standard InChI is InChI=1S/C25H30FN5O3S/c1-5-31-23(16(2)30(3)4)15-25(28-31)35(33,34)29-24(32)14-21-18-7-6-8-19(18)22(26)13-20(21)17-9-11-27-12-10-17/h9-13,15-16H,5-8,14H2,1-4H3,(H,29,32). The van der Waals surface area contributed by atoms with Crippen LogP contribution >= 0.6 is 0 Å². The SMILES string of the molecule is CCn1nc(S(=O)(=O)NC(=O)Cc2c(-c3ccncc3)cc(F)c3c2CCC3)cc1C(C)N(C)C. The van der Waals surface area contributed by atoms with Gasteiger partial charge in [0.2, 0.25) is 5.91 Å². The number of nitrogens with one attached hydrogen (secondary N) is 1. The molecule has 0 bridgehead atoms. The summed E-state index contributed by atoms with van der Waals surface area (Å²) in [6, 6.07) is 6.38. The molecule has 0 radical (unpaired) electrons. The zero-order chi connectivity index (χ0) is 25.3. The third kappa shape index (κ3) is 4.99. The Morgan fingerprint density at radius 3 is 2.54 bits per heavy atom. The number of halogens is 1. The summed E-state index contributed by atoms with van der Waals surface area (Å²) in [7, 11) is -0.388. The predicted octanol–water partition coefficient (Wildman–Crippen LogP) is 3.26. The lowest BCUT2D eigenvalue weighted by molar-refractivity contribution is -0.118. The molecule has 1 unspecified atom stereocenters. The first-order valence-corrected chi connectivity index (χ1v) is 13.1. The Balaban J connectivity index is 1.65. The lowest BCUT2D eigenvalue weighted by atomic mass is 9.91. The molecular weight excluding hydrogens is 469 g/mol. The summed E-state index contributed by atoms with van der Waals surface area (Å²) in [5.74, 6) is -0.983. The number of amides is 1. The molecule has 8 nitrogen and oxygen atoms in total. The van der Waals surface area contributed by atoms with E-state index in [1.54, 1.807) is 29.2 Å². The van der Waals surface area contributed by atoms with E-state index in [2.05, 4.69) is 14.8 Å². The molecule has 35 heavy (non-hydrogen) atoms. The van der Waals surface area contributed by atoms with Crippen molar-refractivity contribution in [2.24, 2.45) is 0 Å². The Hall–Kier alpha value is -3.11. The number of carbonyl (C=O) groups is 1. The summed E-state index contributed by atoms with van der Waals surface area (Å²) in [5, 5.41) is 4.03. The Kier molecular flexibility index (Phi) is 7.05. The van der Waals surface area contributed by atoms with Gasteiger partial charge in [0, 0.05) is 31.0 Å². The molecule has 0 saturated carbocycles. The number of fused-ring (bicyclic) bond motifs is 1. The van der Waals surface area contributed by atoms with Crippen molar-refractivity contribution < 1.29 is 17.6 Å². The molecule has 0 spiro atoms. The quantitative estimate of drug-likeness (QED) is 0.511. The molecule has 1 N–H and O–H groups in total. The van der Waals surface area contributed by atoms with Crippen LogP contribution in [0.2, 0.25) is 0 Å². The monoisotopic (exact) mass is 499 g/mol. The van der Waals surface area contributed by atoms with E-state index in [0.717, 1.165) is 23.2 Å². The van der Waals surface area contributed by atoms with Crippen LogP contribution in [0.3, 0.4) is 0 Å². The number of aromatic nitrogens is 3. The minimum atomic E-state index is -4.18. The number of rotatable bonds is 8. The summed E-state index contributed by atoms with van der Waals surface area (Å²) in [4.78, 5) is 19.0. The Labute approximate surface area is 205 Å². The van der Waals surface area contributed by atoms with Gasteiger partial charge in [0.05, 0.1) is 12.1 Å². The van der Waals surface area contributed by atoms with Crippen molar-refractivity contribution in [1.82, 2.24) is 24.4 Å². The number of hydrogen-bond acceptors (Lipinski definition) is 6. The van der Waals surface area contributed by atoms with Crippen molar-refractivity contribution in [3.05, 3.63) is 64.9 Å². The summed E-state index contributed by atoms with van der Waals surface area (Å²) in [6.45, 7) is 4.32. The highest BCUT2D eigenvalue weighted by Crippen LogP contribution is 2.35. The predicted molar refractivity (Wildman–Crippen MR) is 131 cm³/mol. The molecular formula is C25H30FN5O3S. The summed E-state index contributed by atoms with van der Waals surface area (Å²) in [6.07, 6.45) is 5.06. The molecule has 0 saturated heterocycles. The summed E-state index contributed by atoms with van der Waals surface area (Å²) in [5.41, 5.74) is 4.10. The maximum absolute atomic E-state index is 14.8. The van der Waals surface area contributed by atoms with Gasteiger partial charge in [-0.3, -0.25) is 14.5 Å². The van der Waals surface area contributed by atoms with E-state index >= 15 is 0 Å². The minimum absolute atomic E-state index is 0.0631. The summed E-state index contributed by atoms with van der Waals surface area (Å²) >= 11 is 0. The molecule has 3 aromatic rings. The van der Waals surface area contributed by atoms with Gasteiger partial charge in [-0.25, -0.2) is 9.11 Å². The second-order valence-electron chi connectivity index (χ2n) is 9.00. The van der Waals surface area contributed by atoms with Gasteiger partial charge >= 0.3 is 0 Å². The fourth-order valence-corrected chi connectivity index (χ4v) is 5.54. The normalized spacial score (nSPS) is 14.2. The van der Waals surface area contributed by atoms with Crippen LogP contribution in [0.4, 0.5) is 4.39 Å². The van der Waals surface area contributed by atoms with Crippen LogP contribution in [0.1, 0.15) is 48.7 Å². The average molecular weight is 500 g/mol. The number of benzene rings is 1. The first-order chi connectivity index (χ1) is 16.6. The molecule has 186 valence electrons. The van der Waals surface area contributed by atoms with Gasteiger partial charge in [0.15, 0.2) is 5.03 Å². The molecule has 0 aliphatic heterocycles. The van der Waals surface area contributed by atoms with Gasteiger partial charge in [-0.15, -0.1) is 0 Å². The number of aryl methyl sites for hydroxylation is 1. The van der Waals surface area contributed by atoms with Crippen molar-refractivity contribution >= 4 is 15.9 Å². The topological polar surface area (TPSA) is 97.2 Å². The highest BCUT2D eigenvalue weighted by molar-refractivity contribution is 7.90. The van der Waals surface area contributed by atoms with Crippen molar-refractivity contribution in [3.8, 4) is 11.1 Å². The van der Waals surface area contributed by atoms with Crippen LogP contribution in [0.5, 0.6) is 0 Å². The molecule has 1 atom stereocenters. The molecule has 2 heterocycles. The van der Waals surface area contributed by atoms with Crippen molar-refractivity contribution in [1.29, 1.82) is 0 Å². The van der Waals surface area contributed by atoms with Crippen LogP contribution in [0.15, 0.2) is 41.7 Å². The van der Waals surface area contributed by atoms with Crippen molar-refractivity contribution in [2.45, 2.75) is 57.1 Å².